The van der Waals surface area contributed by atoms with Crippen molar-refractivity contribution in [1.82, 2.24) is 0 Å². The van der Waals surface area contributed by atoms with Gasteiger partial charge in [-0.3, -0.25) is 4.79 Å². The van der Waals surface area contributed by atoms with Crippen LogP contribution in [-0.2, 0) is 28.5 Å². The molecule has 2 aromatic carbocycles. The van der Waals surface area contributed by atoms with E-state index in [-0.39, 0.29) is 12.4 Å². The predicted octanol–water partition coefficient (Wildman–Crippen LogP) is 4.81. The van der Waals surface area contributed by atoms with Crippen LogP contribution < -0.4 is 0 Å². The maximum Gasteiger partial charge on any atom is 0.416 e. The molecule has 0 aliphatic carbocycles. The van der Waals surface area contributed by atoms with Crippen LogP contribution in [0.2, 0.25) is 0 Å². The van der Waals surface area contributed by atoms with Crippen molar-refractivity contribution in [3.8, 4) is 0 Å². The van der Waals surface area contributed by atoms with Crippen molar-refractivity contribution in [2.75, 3.05) is 0 Å². The second kappa shape index (κ2) is 7.99. The highest BCUT2D eigenvalue weighted by atomic mass is 19.4. The molecule has 24 heavy (non-hydrogen) atoms. The van der Waals surface area contributed by atoms with Crippen molar-refractivity contribution in [3.05, 3.63) is 71.3 Å². The first-order valence-corrected chi connectivity index (χ1v) is 7.78. The number of rotatable bonds is 6. The lowest BCUT2D eigenvalue weighted by Crippen LogP contribution is -2.23. The summed E-state index contributed by atoms with van der Waals surface area (Å²) in [5, 5.41) is 0. The molecule has 0 saturated carbocycles. The molecule has 1 atom stereocenters. The normalized spacial score (nSPS) is 12.7. The van der Waals surface area contributed by atoms with Crippen molar-refractivity contribution in [3.63, 3.8) is 0 Å². The zero-order valence-electron chi connectivity index (χ0n) is 13.3. The van der Waals surface area contributed by atoms with Gasteiger partial charge in [0.2, 0.25) is 0 Å². The minimum atomic E-state index is -4.35. The maximum atomic E-state index is 12.6. The van der Waals surface area contributed by atoms with E-state index in [1.54, 1.807) is 6.92 Å². The number of ether oxygens (including phenoxy) is 1. The van der Waals surface area contributed by atoms with Crippen LogP contribution in [0.1, 0.15) is 30.0 Å². The first kappa shape index (κ1) is 18.0. The van der Waals surface area contributed by atoms with Gasteiger partial charge >= 0.3 is 12.1 Å². The summed E-state index contributed by atoms with van der Waals surface area (Å²) < 4.78 is 43.3. The van der Waals surface area contributed by atoms with E-state index >= 15 is 0 Å². The van der Waals surface area contributed by atoms with E-state index in [1.165, 1.54) is 12.1 Å². The molecule has 0 heterocycles. The summed E-state index contributed by atoms with van der Waals surface area (Å²) in [7, 11) is 0. The Morgan fingerprint density at radius 3 is 2.00 bits per heavy atom. The standard InChI is InChI=1S/C19H19F3O2/c1-2-18(23)24-17(12-14-6-4-3-5-7-14)13-15-8-10-16(11-9-15)19(20,21)22/h3-11,17H,2,12-13H2,1H3. The van der Waals surface area contributed by atoms with Crippen molar-refractivity contribution in [2.24, 2.45) is 0 Å². The van der Waals surface area contributed by atoms with Crippen molar-refractivity contribution in [1.29, 1.82) is 0 Å². The fraction of sp³-hybridized carbons (Fsp3) is 0.316. The van der Waals surface area contributed by atoms with Gasteiger partial charge in [0.15, 0.2) is 0 Å². The van der Waals surface area contributed by atoms with E-state index in [1.807, 2.05) is 30.3 Å². The number of esters is 1. The second-order valence-corrected chi connectivity index (χ2v) is 5.55. The lowest BCUT2D eigenvalue weighted by Gasteiger charge is -2.18. The number of carbonyl (C=O) groups is 1. The third kappa shape index (κ3) is 5.41. The molecule has 2 aromatic rings. The average molecular weight is 336 g/mol. The van der Waals surface area contributed by atoms with E-state index in [0.717, 1.165) is 17.7 Å². The van der Waals surface area contributed by atoms with Crippen LogP contribution in [-0.4, -0.2) is 12.1 Å². The van der Waals surface area contributed by atoms with Gasteiger partial charge in [-0.05, 0) is 23.3 Å². The van der Waals surface area contributed by atoms with E-state index < -0.39 is 17.8 Å². The number of hydrogen-bond donors (Lipinski definition) is 0. The van der Waals surface area contributed by atoms with Gasteiger partial charge in [-0.25, -0.2) is 0 Å². The lowest BCUT2D eigenvalue weighted by molar-refractivity contribution is -0.148. The molecule has 0 aliphatic heterocycles. The van der Waals surface area contributed by atoms with Gasteiger partial charge in [-0.15, -0.1) is 0 Å². The third-order valence-electron chi connectivity index (χ3n) is 3.64. The minimum Gasteiger partial charge on any atom is -0.462 e. The van der Waals surface area contributed by atoms with Crippen LogP contribution in [0.15, 0.2) is 54.6 Å². The van der Waals surface area contributed by atoms with Crippen molar-refractivity contribution < 1.29 is 22.7 Å². The van der Waals surface area contributed by atoms with Crippen molar-refractivity contribution >= 4 is 5.97 Å². The fourth-order valence-electron chi connectivity index (χ4n) is 2.39. The molecule has 2 nitrogen and oxygen atoms in total. The first-order chi connectivity index (χ1) is 11.4. The zero-order valence-corrected chi connectivity index (χ0v) is 13.3. The monoisotopic (exact) mass is 336 g/mol. The quantitative estimate of drug-likeness (QED) is 0.708. The maximum absolute atomic E-state index is 12.6. The van der Waals surface area contributed by atoms with E-state index in [0.29, 0.717) is 18.4 Å². The molecular weight excluding hydrogens is 317 g/mol. The van der Waals surface area contributed by atoms with Crippen LogP contribution >= 0.6 is 0 Å². The molecule has 0 spiro atoms. The Balaban J connectivity index is 2.10. The van der Waals surface area contributed by atoms with Crippen LogP contribution in [0, 0.1) is 0 Å². The van der Waals surface area contributed by atoms with E-state index in [2.05, 4.69) is 0 Å². The summed E-state index contributed by atoms with van der Waals surface area (Å²) in [6.45, 7) is 1.71. The molecule has 0 aromatic heterocycles. The molecule has 5 heteroatoms. The Bertz CT molecular complexity index is 649. The molecule has 0 N–H and O–H groups in total. The van der Waals surface area contributed by atoms with Gasteiger partial charge in [-0.1, -0.05) is 49.4 Å². The summed E-state index contributed by atoms with van der Waals surface area (Å²) in [6, 6.07) is 14.5. The molecule has 0 radical (unpaired) electrons. The molecule has 0 saturated heterocycles. The molecule has 0 bridgehead atoms. The Kier molecular flexibility index (Phi) is 6.01. The van der Waals surface area contributed by atoms with Crippen molar-refractivity contribution in [2.45, 2.75) is 38.5 Å². The first-order valence-electron chi connectivity index (χ1n) is 7.78. The molecule has 2 rings (SSSR count). The van der Waals surface area contributed by atoms with Gasteiger partial charge < -0.3 is 4.74 Å². The second-order valence-electron chi connectivity index (χ2n) is 5.55. The van der Waals surface area contributed by atoms with E-state index in [4.69, 9.17) is 4.74 Å². The highest BCUT2D eigenvalue weighted by molar-refractivity contribution is 5.69. The smallest absolute Gasteiger partial charge is 0.416 e. The predicted molar refractivity (Wildman–Crippen MR) is 85.5 cm³/mol. The fourth-order valence-corrected chi connectivity index (χ4v) is 2.39. The van der Waals surface area contributed by atoms with Crippen LogP contribution in [0.3, 0.4) is 0 Å². The number of carbonyl (C=O) groups excluding carboxylic acids is 1. The van der Waals surface area contributed by atoms with Gasteiger partial charge in [0.25, 0.3) is 0 Å². The number of benzene rings is 2. The average Bonchev–Trinajstić information content (AvgIpc) is 2.55. The van der Waals surface area contributed by atoms with Gasteiger partial charge in [0.05, 0.1) is 5.56 Å². The molecule has 1 unspecified atom stereocenters. The summed E-state index contributed by atoms with van der Waals surface area (Å²) in [5.74, 6) is -0.317. The van der Waals surface area contributed by atoms with Crippen LogP contribution in [0.25, 0.3) is 0 Å². The highest BCUT2D eigenvalue weighted by Crippen LogP contribution is 2.29. The summed E-state index contributed by atoms with van der Waals surface area (Å²) in [6.07, 6.45) is -3.60. The summed E-state index contributed by atoms with van der Waals surface area (Å²) >= 11 is 0. The Hall–Kier alpha value is -2.30. The molecule has 128 valence electrons. The number of halogens is 3. The van der Waals surface area contributed by atoms with Crippen LogP contribution in [0.4, 0.5) is 13.2 Å². The van der Waals surface area contributed by atoms with E-state index in [9.17, 15) is 18.0 Å². The largest absolute Gasteiger partial charge is 0.462 e. The Morgan fingerprint density at radius 1 is 0.958 bits per heavy atom. The molecule has 0 amide bonds. The number of hydrogen-bond acceptors (Lipinski definition) is 2. The highest BCUT2D eigenvalue weighted by Gasteiger charge is 2.30. The van der Waals surface area contributed by atoms with Gasteiger partial charge in [0.1, 0.15) is 6.10 Å². The number of alkyl halides is 3. The zero-order chi connectivity index (χ0) is 17.6. The molecule has 0 aliphatic rings. The Morgan fingerprint density at radius 2 is 1.50 bits per heavy atom. The minimum absolute atomic E-state index is 0.262. The summed E-state index contributed by atoms with van der Waals surface area (Å²) in [5.41, 5.74) is 1.03. The van der Waals surface area contributed by atoms with Gasteiger partial charge in [0, 0.05) is 19.3 Å². The molecular formula is C19H19F3O2. The SMILES string of the molecule is CCC(=O)OC(Cc1ccccc1)Cc1ccc(C(F)(F)F)cc1. The van der Waals surface area contributed by atoms with Crippen LogP contribution in [0.5, 0.6) is 0 Å². The Labute approximate surface area is 139 Å². The third-order valence-corrected chi connectivity index (χ3v) is 3.64. The van der Waals surface area contributed by atoms with Gasteiger partial charge in [-0.2, -0.15) is 13.2 Å². The lowest BCUT2D eigenvalue weighted by atomic mass is 10.00. The molecule has 0 fully saturated rings. The topological polar surface area (TPSA) is 26.3 Å². The summed E-state index contributed by atoms with van der Waals surface area (Å²) in [4.78, 5) is 11.6.